The maximum atomic E-state index is 13.4. The highest BCUT2D eigenvalue weighted by Gasteiger charge is 2.19. The van der Waals surface area contributed by atoms with Gasteiger partial charge in [0.1, 0.15) is 11.6 Å². The van der Waals surface area contributed by atoms with Crippen molar-refractivity contribution in [1.29, 1.82) is 0 Å². The number of rotatable bonds is 4. The highest BCUT2D eigenvalue weighted by molar-refractivity contribution is 5.38. The van der Waals surface area contributed by atoms with Gasteiger partial charge in [0.15, 0.2) is 0 Å². The maximum Gasteiger partial charge on any atom is 0.126 e. The summed E-state index contributed by atoms with van der Waals surface area (Å²) in [6, 6.07) is 10.5. The van der Waals surface area contributed by atoms with E-state index in [2.05, 4.69) is 25.8 Å². The third-order valence-electron chi connectivity index (χ3n) is 3.09. The molecule has 0 amide bonds. The van der Waals surface area contributed by atoms with Gasteiger partial charge in [-0.1, -0.05) is 32.9 Å². The SMILES string of the molecule is CC(C)(C)c1ccc(F)cc1OCCc1ccccn1. The third kappa shape index (κ3) is 3.80. The predicted molar refractivity (Wildman–Crippen MR) is 78.5 cm³/mol. The Morgan fingerprint density at radius 2 is 1.95 bits per heavy atom. The molecule has 0 unspecified atom stereocenters. The monoisotopic (exact) mass is 273 g/mol. The molecule has 0 aliphatic heterocycles. The highest BCUT2D eigenvalue weighted by atomic mass is 19.1. The molecule has 106 valence electrons. The van der Waals surface area contributed by atoms with Gasteiger partial charge in [0.2, 0.25) is 0 Å². The number of aromatic nitrogens is 1. The van der Waals surface area contributed by atoms with Crippen molar-refractivity contribution >= 4 is 0 Å². The van der Waals surface area contributed by atoms with Crippen molar-refractivity contribution < 1.29 is 9.13 Å². The maximum absolute atomic E-state index is 13.4. The largest absolute Gasteiger partial charge is 0.493 e. The van der Waals surface area contributed by atoms with Crippen LogP contribution in [0.4, 0.5) is 4.39 Å². The molecule has 0 spiro atoms. The smallest absolute Gasteiger partial charge is 0.126 e. The Balaban J connectivity index is 2.07. The molecule has 1 aromatic carbocycles. The first-order valence-corrected chi connectivity index (χ1v) is 6.79. The molecule has 0 N–H and O–H groups in total. The van der Waals surface area contributed by atoms with Crippen molar-refractivity contribution in [2.75, 3.05) is 6.61 Å². The van der Waals surface area contributed by atoms with Gasteiger partial charge in [-0.3, -0.25) is 4.98 Å². The van der Waals surface area contributed by atoms with Crippen LogP contribution in [0.25, 0.3) is 0 Å². The van der Waals surface area contributed by atoms with Crippen LogP contribution in [0.15, 0.2) is 42.6 Å². The fourth-order valence-corrected chi connectivity index (χ4v) is 2.05. The van der Waals surface area contributed by atoms with Crippen molar-refractivity contribution in [3.05, 3.63) is 59.7 Å². The zero-order valence-corrected chi connectivity index (χ0v) is 12.2. The molecule has 2 nitrogen and oxygen atoms in total. The molecule has 0 fully saturated rings. The van der Waals surface area contributed by atoms with E-state index in [-0.39, 0.29) is 11.2 Å². The zero-order chi connectivity index (χ0) is 14.6. The molecule has 0 atom stereocenters. The van der Waals surface area contributed by atoms with Crippen molar-refractivity contribution in [1.82, 2.24) is 4.98 Å². The second-order valence-corrected chi connectivity index (χ2v) is 5.81. The lowest BCUT2D eigenvalue weighted by molar-refractivity contribution is 0.309. The van der Waals surface area contributed by atoms with Crippen LogP contribution < -0.4 is 4.74 Å². The average Bonchev–Trinajstić information content (AvgIpc) is 2.38. The summed E-state index contributed by atoms with van der Waals surface area (Å²) in [6.45, 7) is 6.76. The van der Waals surface area contributed by atoms with Crippen LogP contribution in [0, 0.1) is 5.82 Å². The van der Waals surface area contributed by atoms with Crippen LogP contribution >= 0.6 is 0 Å². The number of halogens is 1. The van der Waals surface area contributed by atoms with Gasteiger partial charge in [-0.15, -0.1) is 0 Å². The summed E-state index contributed by atoms with van der Waals surface area (Å²) in [5.74, 6) is 0.347. The van der Waals surface area contributed by atoms with E-state index in [1.165, 1.54) is 12.1 Å². The molecule has 2 rings (SSSR count). The Morgan fingerprint density at radius 3 is 2.60 bits per heavy atom. The van der Waals surface area contributed by atoms with Crippen molar-refractivity contribution in [2.45, 2.75) is 32.6 Å². The van der Waals surface area contributed by atoms with E-state index in [9.17, 15) is 4.39 Å². The van der Waals surface area contributed by atoms with Crippen molar-refractivity contribution in [3.8, 4) is 5.75 Å². The summed E-state index contributed by atoms with van der Waals surface area (Å²) in [5.41, 5.74) is 1.91. The first-order chi connectivity index (χ1) is 9.47. The topological polar surface area (TPSA) is 22.1 Å². The van der Waals surface area contributed by atoms with Crippen molar-refractivity contribution in [3.63, 3.8) is 0 Å². The Morgan fingerprint density at radius 1 is 1.15 bits per heavy atom. The molecule has 1 heterocycles. The fourth-order valence-electron chi connectivity index (χ4n) is 2.05. The molecule has 1 aromatic heterocycles. The van der Waals surface area contributed by atoms with E-state index < -0.39 is 0 Å². The van der Waals surface area contributed by atoms with Gasteiger partial charge in [-0.25, -0.2) is 4.39 Å². The lowest BCUT2D eigenvalue weighted by Crippen LogP contribution is -2.14. The van der Waals surface area contributed by atoms with Crippen LogP contribution in [-0.2, 0) is 11.8 Å². The Kier molecular flexibility index (Phi) is 4.38. The van der Waals surface area contributed by atoms with Gasteiger partial charge >= 0.3 is 0 Å². The first kappa shape index (κ1) is 14.5. The minimum Gasteiger partial charge on any atom is -0.493 e. The van der Waals surface area contributed by atoms with Gasteiger partial charge < -0.3 is 4.74 Å². The van der Waals surface area contributed by atoms with Gasteiger partial charge in [-0.2, -0.15) is 0 Å². The highest BCUT2D eigenvalue weighted by Crippen LogP contribution is 2.31. The Labute approximate surface area is 119 Å². The van der Waals surface area contributed by atoms with E-state index >= 15 is 0 Å². The number of nitrogens with zero attached hydrogens (tertiary/aromatic N) is 1. The van der Waals surface area contributed by atoms with Gasteiger partial charge in [0.25, 0.3) is 0 Å². The van der Waals surface area contributed by atoms with Crippen LogP contribution in [0.2, 0.25) is 0 Å². The van der Waals surface area contributed by atoms with Crippen LogP contribution in [-0.4, -0.2) is 11.6 Å². The molecule has 0 radical (unpaired) electrons. The lowest BCUT2D eigenvalue weighted by atomic mass is 9.86. The molecule has 2 aromatic rings. The van der Waals surface area contributed by atoms with Gasteiger partial charge in [0, 0.05) is 24.4 Å². The average molecular weight is 273 g/mol. The fraction of sp³-hybridized carbons (Fsp3) is 0.353. The van der Waals surface area contributed by atoms with E-state index in [4.69, 9.17) is 4.74 Å². The summed E-state index contributed by atoms with van der Waals surface area (Å²) in [7, 11) is 0. The Bertz CT molecular complexity index is 561. The molecule has 0 bridgehead atoms. The van der Waals surface area contributed by atoms with Crippen LogP contribution in [0.3, 0.4) is 0 Å². The molecular formula is C17H20FNO. The van der Waals surface area contributed by atoms with Gasteiger partial charge in [0.05, 0.1) is 6.61 Å². The Hall–Kier alpha value is -1.90. The van der Waals surface area contributed by atoms with E-state index in [0.29, 0.717) is 18.8 Å². The molecule has 20 heavy (non-hydrogen) atoms. The molecule has 0 aliphatic carbocycles. The van der Waals surface area contributed by atoms with E-state index in [1.807, 2.05) is 18.2 Å². The number of benzene rings is 1. The second kappa shape index (κ2) is 6.04. The summed E-state index contributed by atoms with van der Waals surface area (Å²) in [5, 5.41) is 0. The normalized spacial score (nSPS) is 11.4. The third-order valence-corrected chi connectivity index (χ3v) is 3.09. The number of hydrogen-bond acceptors (Lipinski definition) is 2. The summed E-state index contributed by atoms with van der Waals surface area (Å²) in [6.07, 6.45) is 2.47. The zero-order valence-electron chi connectivity index (χ0n) is 12.2. The van der Waals surface area contributed by atoms with Crippen LogP contribution in [0.5, 0.6) is 5.75 Å². The van der Waals surface area contributed by atoms with E-state index in [0.717, 1.165) is 11.3 Å². The standard InChI is InChI=1S/C17H20FNO/c1-17(2,3)15-8-7-13(18)12-16(15)20-11-9-14-6-4-5-10-19-14/h4-8,10,12H,9,11H2,1-3H3. The molecule has 0 saturated heterocycles. The summed E-state index contributed by atoms with van der Waals surface area (Å²) >= 11 is 0. The second-order valence-electron chi connectivity index (χ2n) is 5.81. The minimum absolute atomic E-state index is 0.0754. The number of pyridine rings is 1. The summed E-state index contributed by atoms with van der Waals surface area (Å²) < 4.78 is 19.2. The molecule has 3 heteroatoms. The molecule has 0 aliphatic rings. The van der Waals surface area contributed by atoms with E-state index in [1.54, 1.807) is 12.3 Å². The number of hydrogen-bond donors (Lipinski definition) is 0. The van der Waals surface area contributed by atoms with Crippen LogP contribution in [0.1, 0.15) is 32.0 Å². The van der Waals surface area contributed by atoms with Gasteiger partial charge in [-0.05, 0) is 29.2 Å². The van der Waals surface area contributed by atoms with Crippen molar-refractivity contribution in [2.24, 2.45) is 0 Å². The quantitative estimate of drug-likeness (QED) is 0.835. The predicted octanol–water partition coefficient (Wildman–Crippen LogP) is 4.14. The molecule has 0 saturated carbocycles. The summed E-state index contributed by atoms with van der Waals surface area (Å²) in [4.78, 5) is 4.24. The molecular weight excluding hydrogens is 253 g/mol. The first-order valence-electron chi connectivity index (χ1n) is 6.79. The number of ether oxygens (including phenoxy) is 1. The minimum atomic E-state index is -0.272. The lowest BCUT2D eigenvalue weighted by Gasteiger charge is -2.22.